The third-order valence-electron chi connectivity index (χ3n) is 2.69. The summed E-state index contributed by atoms with van der Waals surface area (Å²) in [5.74, 6) is 0. The van der Waals surface area contributed by atoms with Gasteiger partial charge in [0.05, 0.1) is 0 Å². The van der Waals surface area contributed by atoms with Crippen molar-refractivity contribution >= 4 is 0 Å². The number of nitrogens with zero attached hydrogens (tertiary/aromatic N) is 1. The molecule has 0 bridgehead atoms. The average Bonchev–Trinajstić information content (AvgIpc) is 2.15. The zero-order valence-corrected chi connectivity index (χ0v) is 8.09. The van der Waals surface area contributed by atoms with Crippen LogP contribution in [0.15, 0.2) is 0 Å². The molecular formula is C10H20NO. The second-order valence-corrected chi connectivity index (χ2v) is 3.47. The van der Waals surface area contributed by atoms with Crippen molar-refractivity contribution in [3.63, 3.8) is 0 Å². The molecule has 1 saturated heterocycles. The Kier molecular flexibility index (Phi) is 4.62. The first kappa shape index (κ1) is 10.0. The van der Waals surface area contributed by atoms with Crippen molar-refractivity contribution in [2.24, 2.45) is 0 Å². The van der Waals surface area contributed by atoms with Gasteiger partial charge in [0.25, 0.3) is 0 Å². The number of hydrogen-bond acceptors (Lipinski definition) is 2. The Balaban J connectivity index is 2.26. The van der Waals surface area contributed by atoms with E-state index in [-0.39, 0.29) is 0 Å². The van der Waals surface area contributed by atoms with E-state index in [9.17, 15) is 0 Å². The van der Waals surface area contributed by atoms with E-state index >= 15 is 0 Å². The number of hydrogen-bond donors (Lipinski definition) is 0. The molecule has 1 fully saturated rings. The van der Waals surface area contributed by atoms with Crippen LogP contribution in [0.5, 0.6) is 0 Å². The van der Waals surface area contributed by atoms with Gasteiger partial charge in [0, 0.05) is 19.8 Å². The van der Waals surface area contributed by atoms with Gasteiger partial charge in [-0.3, -0.25) is 0 Å². The van der Waals surface area contributed by atoms with Gasteiger partial charge in [-0.1, -0.05) is 6.42 Å². The molecule has 0 N–H and O–H groups in total. The van der Waals surface area contributed by atoms with E-state index in [2.05, 4.69) is 11.8 Å². The molecule has 2 heteroatoms. The van der Waals surface area contributed by atoms with E-state index < -0.39 is 0 Å². The fraction of sp³-hybridized carbons (Fsp3) is 0.900. The van der Waals surface area contributed by atoms with Gasteiger partial charge >= 0.3 is 0 Å². The van der Waals surface area contributed by atoms with Crippen LogP contribution in [0.4, 0.5) is 0 Å². The lowest BCUT2D eigenvalue weighted by Crippen LogP contribution is -2.39. The van der Waals surface area contributed by atoms with Crippen LogP contribution >= 0.6 is 0 Å². The molecule has 1 radical (unpaired) electrons. The number of piperidine rings is 1. The Bertz CT molecular complexity index is 116. The number of ether oxygens (including phenoxy) is 1. The molecule has 1 rings (SSSR count). The van der Waals surface area contributed by atoms with Gasteiger partial charge in [-0.05, 0) is 39.3 Å². The lowest BCUT2D eigenvalue weighted by atomic mass is 10.00. The summed E-state index contributed by atoms with van der Waals surface area (Å²) in [5.41, 5.74) is 0. The molecule has 0 aromatic rings. The summed E-state index contributed by atoms with van der Waals surface area (Å²) in [6.45, 7) is 7.03. The van der Waals surface area contributed by atoms with E-state index in [0.717, 1.165) is 19.2 Å². The van der Waals surface area contributed by atoms with Crippen LogP contribution in [0, 0.1) is 6.92 Å². The summed E-state index contributed by atoms with van der Waals surface area (Å²) in [5, 5.41) is 0. The Labute approximate surface area is 75.9 Å². The molecule has 0 spiro atoms. The quantitative estimate of drug-likeness (QED) is 0.637. The Morgan fingerprint density at radius 3 is 3.00 bits per heavy atom. The standard InChI is InChI=1S/C10H20NO/c1-3-11-8-5-4-6-10(11)7-9-12-2/h10H,1,3-9H2,2H3. The van der Waals surface area contributed by atoms with Crippen LogP contribution in [-0.4, -0.2) is 37.7 Å². The maximum atomic E-state index is 5.09. The maximum Gasteiger partial charge on any atom is 0.0477 e. The van der Waals surface area contributed by atoms with Gasteiger partial charge in [-0.2, -0.15) is 0 Å². The molecular weight excluding hydrogens is 150 g/mol. The van der Waals surface area contributed by atoms with Crippen molar-refractivity contribution in [3.05, 3.63) is 6.92 Å². The van der Waals surface area contributed by atoms with Crippen molar-refractivity contribution in [3.8, 4) is 0 Å². The fourth-order valence-electron chi connectivity index (χ4n) is 1.94. The third-order valence-corrected chi connectivity index (χ3v) is 2.69. The summed E-state index contributed by atoms with van der Waals surface area (Å²) in [4.78, 5) is 2.47. The lowest BCUT2D eigenvalue weighted by Gasteiger charge is -2.34. The minimum Gasteiger partial charge on any atom is -0.385 e. The third kappa shape index (κ3) is 2.76. The van der Waals surface area contributed by atoms with Crippen LogP contribution in [-0.2, 0) is 4.74 Å². The minimum atomic E-state index is 0.733. The molecule has 1 atom stereocenters. The van der Waals surface area contributed by atoms with Crippen LogP contribution in [0.2, 0.25) is 0 Å². The molecule has 1 aliphatic rings. The van der Waals surface area contributed by atoms with Crippen molar-refractivity contribution < 1.29 is 4.74 Å². The first-order valence-electron chi connectivity index (χ1n) is 4.90. The summed E-state index contributed by atoms with van der Waals surface area (Å²) < 4.78 is 5.09. The van der Waals surface area contributed by atoms with Crippen molar-refractivity contribution in [1.82, 2.24) is 4.90 Å². The lowest BCUT2D eigenvalue weighted by molar-refractivity contribution is 0.112. The zero-order chi connectivity index (χ0) is 8.81. The monoisotopic (exact) mass is 170 g/mol. The summed E-state index contributed by atoms with van der Waals surface area (Å²) in [7, 11) is 1.78. The van der Waals surface area contributed by atoms with Crippen LogP contribution in [0.25, 0.3) is 0 Å². The summed E-state index contributed by atoms with van der Waals surface area (Å²) in [6.07, 6.45) is 5.23. The highest BCUT2D eigenvalue weighted by Gasteiger charge is 2.19. The van der Waals surface area contributed by atoms with Gasteiger partial charge < -0.3 is 9.64 Å². The number of rotatable bonds is 4. The second kappa shape index (κ2) is 5.55. The highest BCUT2D eigenvalue weighted by molar-refractivity contribution is 4.76. The zero-order valence-electron chi connectivity index (χ0n) is 8.09. The van der Waals surface area contributed by atoms with Gasteiger partial charge in [-0.25, -0.2) is 0 Å². The normalized spacial score (nSPS) is 26.0. The van der Waals surface area contributed by atoms with Crippen LogP contribution in [0.3, 0.4) is 0 Å². The molecule has 1 aliphatic heterocycles. The van der Waals surface area contributed by atoms with Gasteiger partial charge in [0.2, 0.25) is 0 Å². The molecule has 0 aliphatic carbocycles. The molecule has 2 nitrogen and oxygen atoms in total. The molecule has 1 unspecified atom stereocenters. The Hall–Kier alpha value is -0.0800. The summed E-state index contributed by atoms with van der Waals surface area (Å²) in [6, 6.07) is 0.733. The van der Waals surface area contributed by atoms with Crippen molar-refractivity contribution in [1.29, 1.82) is 0 Å². The minimum absolute atomic E-state index is 0.733. The topological polar surface area (TPSA) is 12.5 Å². The van der Waals surface area contributed by atoms with Gasteiger partial charge in [0.1, 0.15) is 0 Å². The first-order chi connectivity index (χ1) is 5.88. The fourth-order valence-corrected chi connectivity index (χ4v) is 1.94. The van der Waals surface area contributed by atoms with E-state index in [1.54, 1.807) is 7.11 Å². The molecule has 0 aromatic heterocycles. The van der Waals surface area contributed by atoms with Crippen LogP contribution in [0.1, 0.15) is 25.7 Å². The highest BCUT2D eigenvalue weighted by atomic mass is 16.5. The molecule has 1 heterocycles. The average molecular weight is 170 g/mol. The molecule has 0 amide bonds. The van der Waals surface area contributed by atoms with Gasteiger partial charge in [0.15, 0.2) is 0 Å². The highest BCUT2D eigenvalue weighted by Crippen LogP contribution is 2.18. The smallest absolute Gasteiger partial charge is 0.0477 e. The Morgan fingerprint density at radius 1 is 1.50 bits per heavy atom. The SMILES string of the molecule is [CH2]CN1CCCCC1CCOC. The molecule has 12 heavy (non-hydrogen) atoms. The largest absolute Gasteiger partial charge is 0.385 e. The molecule has 71 valence electrons. The van der Waals surface area contributed by atoms with Crippen LogP contribution < -0.4 is 0 Å². The summed E-state index contributed by atoms with van der Waals surface area (Å²) >= 11 is 0. The predicted molar refractivity (Wildman–Crippen MR) is 51.1 cm³/mol. The Morgan fingerprint density at radius 2 is 2.33 bits per heavy atom. The second-order valence-electron chi connectivity index (χ2n) is 3.47. The number of likely N-dealkylation sites (tertiary alicyclic amines) is 1. The number of methoxy groups -OCH3 is 1. The predicted octanol–water partition coefficient (Wildman–Crippen LogP) is 1.71. The van der Waals surface area contributed by atoms with Crippen molar-refractivity contribution in [2.45, 2.75) is 31.7 Å². The van der Waals surface area contributed by atoms with E-state index in [0.29, 0.717) is 0 Å². The maximum absolute atomic E-state index is 5.09. The molecule has 0 saturated carbocycles. The van der Waals surface area contributed by atoms with Crippen molar-refractivity contribution in [2.75, 3.05) is 26.8 Å². The van der Waals surface area contributed by atoms with E-state index in [4.69, 9.17) is 4.74 Å². The molecule has 0 aromatic carbocycles. The van der Waals surface area contributed by atoms with E-state index in [1.807, 2.05) is 0 Å². The first-order valence-corrected chi connectivity index (χ1v) is 4.90. The van der Waals surface area contributed by atoms with Gasteiger partial charge in [-0.15, -0.1) is 0 Å². The van der Waals surface area contributed by atoms with E-state index in [1.165, 1.54) is 32.2 Å².